The third-order valence-electron chi connectivity index (χ3n) is 2.93. The van der Waals surface area contributed by atoms with E-state index in [1.54, 1.807) is 24.3 Å². The van der Waals surface area contributed by atoms with Gasteiger partial charge in [-0.1, -0.05) is 12.1 Å². The van der Waals surface area contributed by atoms with E-state index in [2.05, 4.69) is 5.32 Å². The van der Waals surface area contributed by atoms with Gasteiger partial charge in [0, 0.05) is 12.1 Å². The Labute approximate surface area is 128 Å². The molecule has 0 saturated carbocycles. The molecular formula is C17H17NO4. The van der Waals surface area contributed by atoms with Gasteiger partial charge in [-0.25, -0.2) is 0 Å². The molecule has 0 saturated heterocycles. The summed E-state index contributed by atoms with van der Waals surface area (Å²) in [6.45, 7) is 1.99. The Hall–Kier alpha value is -2.82. The summed E-state index contributed by atoms with van der Waals surface area (Å²) in [5, 5.41) is 11.2. The van der Waals surface area contributed by atoms with Crippen molar-refractivity contribution in [3.8, 4) is 11.5 Å². The maximum absolute atomic E-state index is 11.5. The van der Waals surface area contributed by atoms with Gasteiger partial charge in [0.1, 0.15) is 11.5 Å². The summed E-state index contributed by atoms with van der Waals surface area (Å²) in [4.78, 5) is 21.9. The van der Waals surface area contributed by atoms with Gasteiger partial charge in [-0.05, 0) is 48.9 Å². The molecule has 0 fully saturated rings. The molecule has 0 unspecified atom stereocenters. The monoisotopic (exact) mass is 299 g/mol. The van der Waals surface area contributed by atoms with Gasteiger partial charge in [0.05, 0.1) is 6.42 Å². The van der Waals surface area contributed by atoms with Gasteiger partial charge in [-0.2, -0.15) is 0 Å². The van der Waals surface area contributed by atoms with Gasteiger partial charge >= 0.3 is 5.97 Å². The van der Waals surface area contributed by atoms with Gasteiger partial charge in [0.15, 0.2) is 0 Å². The highest BCUT2D eigenvalue weighted by Gasteiger charge is 2.06. The van der Waals surface area contributed by atoms with Crippen LogP contribution < -0.4 is 10.1 Å². The summed E-state index contributed by atoms with van der Waals surface area (Å²) in [5.41, 5.74) is 1.71. The number of aliphatic carboxylic acids is 1. The number of hydrogen-bond acceptors (Lipinski definition) is 3. The summed E-state index contributed by atoms with van der Waals surface area (Å²) < 4.78 is 5.71. The Balaban J connectivity index is 1.92. The van der Waals surface area contributed by atoms with Gasteiger partial charge in [-0.3, -0.25) is 9.59 Å². The van der Waals surface area contributed by atoms with Crippen LogP contribution in [0.1, 0.15) is 18.4 Å². The maximum atomic E-state index is 11.5. The van der Waals surface area contributed by atoms with Crippen LogP contribution in [0.15, 0.2) is 48.5 Å². The maximum Gasteiger partial charge on any atom is 0.303 e. The topological polar surface area (TPSA) is 75.6 Å². The van der Waals surface area contributed by atoms with Gasteiger partial charge in [0.25, 0.3) is 0 Å². The number of nitrogens with one attached hydrogen (secondary N) is 1. The summed E-state index contributed by atoms with van der Waals surface area (Å²) >= 11 is 0. The number of ether oxygens (including phenoxy) is 1. The van der Waals surface area contributed by atoms with Crippen LogP contribution in [-0.2, 0) is 9.59 Å². The predicted molar refractivity (Wildman–Crippen MR) is 83.2 cm³/mol. The summed E-state index contributed by atoms with van der Waals surface area (Å²) in [6, 6.07) is 14.6. The summed E-state index contributed by atoms with van der Waals surface area (Å²) in [7, 11) is 0. The smallest absolute Gasteiger partial charge is 0.303 e. The second kappa shape index (κ2) is 7.26. The Morgan fingerprint density at radius 3 is 2.41 bits per heavy atom. The first-order valence-electron chi connectivity index (χ1n) is 6.89. The zero-order valence-electron chi connectivity index (χ0n) is 12.2. The molecule has 0 aromatic heterocycles. The highest BCUT2D eigenvalue weighted by Crippen LogP contribution is 2.23. The average molecular weight is 299 g/mol. The van der Waals surface area contributed by atoms with E-state index >= 15 is 0 Å². The average Bonchev–Trinajstić information content (AvgIpc) is 2.47. The molecule has 0 atom stereocenters. The number of anilines is 1. The van der Waals surface area contributed by atoms with Crippen molar-refractivity contribution in [2.45, 2.75) is 19.8 Å². The first-order valence-corrected chi connectivity index (χ1v) is 6.89. The molecule has 114 valence electrons. The van der Waals surface area contributed by atoms with E-state index in [-0.39, 0.29) is 18.7 Å². The Kier molecular flexibility index (Phi) is 5.14. The molecule has 5 nitrogen and oxygen atoms in total. The molecule has 2 aromatic carbocycles. The normalized spacial score (nSPS) is 10.0. The number of amides is 1. The van der Waals surface area contributed by atoms with Crippen molar-refractivity contribution in [1.29, 1.82) is 0 Å². The summed E-state index contributed by atoms with van der Waals surface area (Å²) in [6.07, 6.45) is -0.225. The largest absolute Gasteiger partial charge is 0.481 e. The Bertz CT molecular complexity index is 665. The Morgan fingerprint density at radius 2 is 1.77 bits per heavy atom. The van der Waals surface area contributed by atoms with Gasteiger partial charge in [0.2, 0.25) is 5.91 Å². The number of benzene rings is 2. The highest BCUT2D eigenvalue weighted by molar-refractivity contribution is 5.92. The van der Waals surface area contributed by atoms with E-state index in [1.165, 1.54) is 0 Å². The molecule has 1 amide bonds. The van der Waals surface area contributed by atoms with E-state index in [4.69, 9.17) is 9.84 Å². The quantitative estimate of drug-likeness (QED) is 0.854. The van der Waals surface area contributed by atoms with Crippen LogP contribution in [-0.4, -0.2) is 17.0 Å². The molecule has 2 aromatic rings. The number of carboxylic acids is 1. The molecule has 0 radical (unpaired) electrons. The van der Waals surface area contributed by atoms with E-state index in [0.717, 1.165) is 11.3 Å². The van der Waals surface area contributed by atoms with Crippen LogP contribution in [0.2, 0.25) is 0 Å². The van der Waals surface area contributed by atoms with Gasteiger partial charge < -0.3 is 15.2 Å². The number of hydrogen-bond donors (Lipinski definition) is 2. The van der Waals surface area contributed by atoms with Crippen molar-refractivity contribution in [2.75, 3.05) is 5.32 Å². The molecule has 2 N–H and O–H groups in total. The van der Waals surface area contributed by atoms with Crippen molar-refractivity contribution in [3.63, 3.8) is 0 Å². The molecule has 0 aliphatic carbocycles. The molecule has 0 aliphatic heterocycles. The van der Waals surface area contributed by atoms with Crippen molar-refractivity contribution >= 4 is 17.6 Å². The van der Waals surface area contributed by atoms with Crippen molar-refractivity contribution in [1.82, 2.24) is 0 Å². The number of carboxylic acid groups (broad SMARTS) is 1. The molecule has 0 aliphatic rings. The van der Waals surface area contributed by atoms with Crippen molar-refractivity contribution in [2.24, 2.45) is 0 Å². The fourth-order valence-corrected chi connectivity index (χ4v) is 1.87. The summed E-state index contributed by atoms with van der Waals surface area (Å²) in [5.74, 6) is 0.0965. The van der Waals surface area contributed by atoms with Crippen LogP contribution in [0, 0.1) is 6.92 Å². The zero-order valence-corrected chi connectivity index (χ0v) is 12.2. The van der Waals surface area contributed by atoms with E-state index in [1.807, 2.05) is 31.2 Å². The molecule has 22 heavy (non-hydrogen) atoms. The second-order valence-corrected chi connectivity index (χ2v) is 4.88. The lowest BCUT2D eigenvalue weighted by Crippen LogP contribution is -2.12. The molecule has 0 heterocycles. The van der Waals surface area contributed by atoms with Crippen LogP contribution in [0.25, 0.3) is 0 Å². The minimum Gasteiger partial charge on any atom is -0.481 e. The minimum atomic E-state index is -0.989. The minimum absolute atomic E-state index is 0.0448. The number of carbonyl (C=O) groups is 2. The molecular weight excluding hydrogens is 282 g/mol. The predicted octanol–water partition coefficient (Wildman–Crippen LogP) is 3.59. The molecule has 2 rings (SSSR count). The SMILES string of the molecule is Cc1cccc(Oc2ccc(NC(=O)CCC(=O)O)cc2)c1. The van der Waals surface area contributed by atoms with Crippen LogP contribution >= 0.6 is 0 Å². The molecule has 0 bridgehead atoms. The van der Waals surface area contributed by atoms with Crippen molar-refractivity contribution < 1.29 is 19.4 Å². The fourth-order valence-electron chi connectivity index (χ4n) is 1.87. The standard InChI is InChI=1S/C17H17NO4/c1-12-3-2-4-15(11-12)22-14-7-5-13(6-8-14)18-16(19)9-10-17(20)21/h2-8,11H,9-10H2,1H3,(H,18,19)(H,20,21). The number of rotatable bonds is 6. The van der Waals surface area contributed by atoms with Crippen LogP contribution in [0.5, 0.6) is 11.5 Å². The van der Waals surface area contributed by atoms with Crippen molar-refractivity contribution in [3.05, 3.63) is 54.1 Å². The third-order valence-corrected chi connectivity index (χ3v) is 2.93. The highest BCUT2D eigenvalue weighted by atomic mass is 16.5. The first-order chi connectivity index (χ1) is 10.5. The van der Waals surface area contributed by atoms with Crippen LogP contribution in [0.3, 0.4) is 0 Å². The van der Waals surface area contributed by atoms with Crippen LogP contribution in [0.4, 0.5) is 5.69 Å². The number of carbonyl (C=O) groups excluding carboxylic acids is 1. The lowest BCUT2D eigenvalue weighted by atomic mass is 10.2. The fraction of sp³-hybridized carbons (Fsp3) is 0.176. The van der Waals surface area contributed by atoms with E-state index in [0.29, 0.717) is 11.4 Å². The lowest BCUT2D eigenvalue weighted by molar-refractivity contribution is -0.138. The van der Waals surface area contributed by atoms with E-state index < -0.39 is 5.97 Å². The Morgan fingerprint density at radius 1 is 1.05 bits per heavy atom. The lowest BCUT2D eigenvalue weighted by Gasteiger charge is -2.08. The van der Waals surface area contributed by atoms with Gasteiger partial charge in [-0.15, -0.1) is 0 Å². The number of aryl methyl sites for hydroxylation is 1. The first kappa shape index (κ1) is 15.6. The third kappa shape index (κ3) is 4.94. The second-order valence-electron chi connectivity index (χ2n) is 4.88. The molecule has 5 heteroatoms. The zero-order chi connectivity index (χ0) is 15.9. The molecule has 0 spiro atoms. The van der Waals surface area contributed by atoms with E-state index in [9.17, 15) is 9.59 Å².